The van der Waals surface area contributed by atoms with Crippen LogP contribution < -0.4 is 0 Å². The van der Waals surface area contributed by atoms with Crippen LogP contribution in [0.5, 0.6) is 0 Å². The minimum absolute atomic E-state index is 1.21. The molecule has 3 aliphatic heterocycles. The Balaban J connectivity index is 1.84. The Kier molecular flexibility index (Phi) is 1.76. The Morgan fingerprint density at radius 1 is 0.812 bits per heavy atom. The minimum atomic E-state index is 1.21. The van der Waals surface area contributed by atoms with Crippen LogP contribution in [0.3, 0.4) is 0 Å². The molecule has 0 aromatic carbocycles. The van der Waals surface area contributed by atoms with Crippen molar-refractivity contribution in [1.82, 2.24) is 9.80 Å². The Morgan fingerprint density at radius 3 is 2.44 bits per heavy atom. The van der Waals surface area contributed by atoms with E-state index in [0.29, 0.717) is 0 Å². The Morgan fingerprint density at radius 2 is 1.56 bits per heavy atom. The number of nitrogens with zero attached hydrogens (tertiary/aromatic N) is 2. The second kappa shape index (κ2) is 3.16. The van der Waals surface area contributed by atoms with Gasteiger partial charge in [-0.15, -0.1) is 0 Å². The zero-order valence-electron chi connectivity index (χ0n) is 9.71. The maximum absolute atomic E-state index is 2.65. The van der Waals surface area contributed by atoms with Crippen LogP contribution in [0.25, 0.3) is 0 Å². The lowest BCUT2D eigenvalue weighted by Crippen LogP contribution is -2.48. The van der Waals surface area contributed by atoms with Crippen molar-refractivity contribution in [3.63, 3.8) is 0 Å². The molecule has 84 valence electrons. The van der Waals surface area contributed by atoms with Crippen molar-refractivity contribution >= 4 is 0 Å². The summed E-state index contributed by atoms with van der Waals surface area (Å²) in [6.45, 7) is 2.44. The largest absolute Gasteiger partial charge is 0.343 e. The summed E-state index contributed by atoms with van der Waals surface area (Å²) in [5.74, 6) is 0. The van der Waals surface area contributed by atoms with Crippen molar-refractivity contribution < 1.29 is 0 Å². The van der Waals surface area contributed by atoms with E-state index >= 15 is 0 Å². The number of allylic oxidation sites excluding steroid dienone is 5. The average molecular weight is 214 g/mol. The molecule has 0 fully saturated rings. The van der Waals surface area contributed by atoms with Gasteiger partial charge in [-0.25, -0.2) is 0 Å². The normalized spacial score (nSPS) is 27.5. The van der Waals surface area contributed by atoms with Gasteiger partial charge in [0.1, 0.15) is 0 Å². The number of hydrogen-bond acceptors (Lipinski definition) is 2. The van der Waals surface area contributed by atoms with Crippen LogP contribution in [-0.4, -0.2) is 22.9 Å². The van der Waals surface area contributed by atoms with Crippen LogP contribution in [-0.2, 0) is 0 Å². The quantitative estimate of drug-likeness (QED) is 0.611. The van der Waals surface area contributed by atoms with E-state index in [-0.39, 0.29) is 0 Å². The van der Waals surface area contributed by atoms with Crippen LogP contribution in [0.4, 0.5) is 0 Å². The van der Waals surface area contributed by atoms with E-state index in [2.05, 4.69) is 22.0 Å². The summed E-state index contributed by atoms with van der Waals surface area (Å²) in [5, 5.41) is 0. The molecule has 0 saturated carbocycles. The molecule has 2 heteroatoms. The van der Waals surface area contributed by atoms with Gasteiger partial charge in [0, 0.05) is 30.2 Å². The second-order valence-electron chi connectivity index (χ2n) is 5.18. The molecule has 5 rings (SSSR count). The fourth-order valence-corrected chi connectivity index (χ4v) is 3.65. The second-order valence-corrected chi connectivity index (χ2v) is 5.18. The van der Waals surface area contributed by atoms with Gasteiger partial charge in [0.25, 0.3) is 0 Å². The van der Waals surface area contributed by atoms with Crippen LogP contribution in [0.15, 0.2) is 34.9 Å². The van der Waals surface area contributed by atoms with Gasteiger partial charge in [0.05, 0.1) is 5.70 Å². The molecule has 3 heterocycles. The first-order chi connectivity index (χ1) is 7.95. The van der Waals surface area contributed by atoms with E-state index in [1.165, 1.54) is 57.3 Å². The molecule has 0 amide bonds. The van der Waals surface area contributed by atoms with Crippen molar-refractivity contribution in [2.75, 3.05) is 13.1 Å². The molecule has 0 spiro atoms. The highest BCUT2D eigenvalue weighted by molar-refractivity contribution is 5.41. The molecule has 5 aliphatic rings. The summed E-state index contributed by atoms with van der Waals surface area (Å²) >= 11 is 0. The van der Waals surface area contributed by atoms with E-state index in [0.717, 1.165) is 0 Å². The average Bonchev–Trinajstić information content (AvgIpc) is 2.40. The third-order valence-electron chi connectivity index (χ3n) is 4.34. The summed E-state index contributed by atoms with van der Waals surface area (Å²) in [6, 6.07) is 0. The van der Waals surface area contributed by atoms with Crippen molar-refractivity contribution in [3.05, 3.63) is 34.9 Å². The highest BCUT2D eigenvalue weighted by atomic mass is 15.3. The molecule has 0 atom stereocenters. The number of fused-ring (bicyclic) bond motifs is 1. The zero-order chi connectivity index (χ0) is 10.5. The first-order valence-electron chi connectivity index (χ1n) is 6.62. The lowest BCUT2D eigenvalue weighted by atomic mass is 9.91. The first-order valence-corrected chi connectivity index (χ1v) is 6.62. The van der Waals surface area contributed by atoms with Crippen LogP contribution in [0.1, 0.15) is 38.5 Å². The van der Waals surface area contributed by atoms with E-state index < -0.39 is 0 Å². The highest BCUT2D eigenvalue weighted by Crippen LogP contribution is 2.44. The van der Waals surface area contributed by atoms with Crippen molar-refractivity contribution in [2.24, 2.45) is 0 Å². The van der Waals surface area contributed by atoms with Gasteiger partial charge in [-0.1, -0.05) is 6.08 Å². The number of rotatable bonds is 0. The fraction of sp³-hybridized carbons (Fsp3) is 0.571. The molecule has 0 radical (unpaired) electrons. The Bertz CT molecular complexity index is 428. The van der Waals surface area contributed by atoms with E-state index in [9.17, 15) is 0 Å². The molecule has 0 unspecified atom stereocenters. The summed E-state index contributed by atoms with van der Waals surface area (Å²) < 4.78 is 0. The van der Waals surface area contributed by atoms with Gasteiger partial charge in [0.15, 0.2) is 0 Å². The Hall–Kier alpha value is -1.18. The molecule has 2 bridgehead atoms. The van der Waals surface area contributed by atoms with Crippen molar-refractivity contribution in [3.8, 4) is 0 Å². The zero-order valence-corrected chi connectivity index (χ0v) is 9.71. The fourth-order valence-electron chi connectivity index (χ4n) is 3.65. The lowest BCUT2D eigenvalue weighted by Gasteiger charge is -2.51. The molecule has 0 aromatic rings. The monoisotopic (exact) mass is 214 g/mol. The predicted molar refractivity (Wildman–Crippen MR) is 64.3 cm³/mol. The molecule has 2 aliphatic carbocycles. The molecular weight excluding hydrogens is 196 g/mol. The predicted octanol–water partition coefficient (Wildman–Crippen LogP) is 2.96. The molecule has 0 N–H and O–H groups in total. The van der Waals surface area contributed by atoms with Crippen LogP contribution in [0, 0.1) is 0 Å². The van der Waals surface area contributed by atoms with E-state index in [1.54, 1.807) is 17.1 Å². The summed E-state index contributed by atoms with van der Waals surface area (Å²) in [7, 11) is 0. The lowest BCUT2D eigenvalue weighted by molar-refractivity contribution is 0.209. The standard InChI is InChI=1S/C14H18N2/c1-2-6-12-11(5-1)15-9-10-16(12)14-8-4-3-7-13(14)15/h1,5H,2-4,6-10H2. The molecular formula is C14H18N2. The third-order valence-corrected chi connectivity index (χ3v) is 4.34. The van der Waals surface area contributed by atoms with Crippen LogP contribution in [0.2, 0.25) is 0 Å². The first kappa shape index (κ1) is 8.91. The van der Waals surface area contributed by atoms with E-state index in [4.69, 9.17) is 0 Å². The van der Waals surface area contributed by atoms with Crippen molar-refractivity contribution in [2.45, 2.75) is 38.5 Å². The summed E-state index contributed by atoms with van der Waals surface area (Å²) in [5.41, 5.74) is 6.42. The van der Waals surface area contributed by atoms with Gasteiger partial charge in [-0.3, -0.25) is 0 Å². The van der Waals surface area contributed by atoms with Gasteiger partial charge < -0.3 is 9.80 Å². The minimum Gasteiger partial charge on any atom is -0.343 e. The summed E-state index contributed by atoms with van der Waals surface area (Å²) in [6.07, 6.45) is 12.6. The van der Waals surface area contributed by atoms with Gasteiger partial charge in [0.2, 0.25) is 0 Å². The molecule has 2 nitrogen and oxygen atoms in total. The summed E-state index contributed by atoms with van der Waals surface area (Å²) in [4.78, 5) is 5.26. The number of hydrogen-bond donors (Lipinski definition) is 0. The SMILES string of the molecule is C1=CC2=C(CC1)N1CCN2C2=C1CCCC2. The van der Waals surface area contributed by atoms with Gasteiger partial charge in [-0.05, 0) is 44.6 Å². The maximum Gasteiger partial charge on any atom is 0.0604 e. The smallest absolute Gasteiger partial charge is 0.0604 e. The molecule has 0 saturated heterocycles. The van der Waals surface area contributed by atoms with Gasteiger partial charge >= 0.3 is 0 Å². The van der Waals surface area contributed by atoms with Crippen molar-refractivity contribution in [1.29, 1.82) is 0 Å². The molecule has 0 aromatic heterocycles. The van der Waals surface area contributed by atoms with Crippen LogP contribution >= 0.6 is 0 Å². The topological polar surface area (TPSA) is 6.48 Å². The Labute approximate surface area is 96.9 Å². The van der Waals surface area contributed by atoms with E-state index in [1.807, 2.05) is 0 Å². The third kappa shape index (κ3) is 1.02. The van der Waals surface area contributed by atoms with Gasteiger partial charge in [-0.2, -0.15) is 0 Å². The maximum atomic E-state index is 2.65. The highest BCUT2D eigenvalue weighted by Gasteiger charge is 2.37. The molecule has 16 heavy (non-hydrogen) atoms.